The second-order valence-electron chi connectivity index (χ2n) is 6.97. The minimum absolute atomic E-state index is 0.000316. The summed E-state index contributed by atoms with van der Waals surface area (Å²) >= 11 is 0. The van der Waals surface area contributed by atoms with Gasteiger partial charge in [0, 0.05) is 32.8 Å². The fourth-order valence-corrected chi connectivity index (χ4v) is 2.30. The van der Waals surface area contributed by atoms with Gasteiger partial charge in [0.15, 0.2) is 5.78 Å². The molecule has 0 radical (unpaired) electrons. The third-order valence-electron chi connectivity index (χ3n) is 3.93. The van der Waals surface area contributed by atoms with Gasteiger partial charge < -0.3 is 28.5 Å². The van der Waals surface area contributed by atoms with Crippen molar-refractivity contribution in [1.82, 2.24) is 10.1 Å². The molecular formula is C20H30N2O14. The molecule has 2 aliphatic heterocycles. The maximum absolute atomic E-state index is 11.4. The van der Waals surface area contributed by atoms with Gasteiger partial charge in [-0.1, -0.05) is 0 Å². The highest BCUT2D eigenvalue weighted by Crippen LogP contribution is 2.12. The van der Waals surface area contributed by atoms with E-state index in [0.717, 1.165) is 0 Å². The van der Waals surface area contributed by atoms with Gasteiger partial charge in [0.1, 0.15) is 33.4 Å². The lowest BCUT2D eigenvalue weighted by molar-refractivity contribution is -0.396. The number of methoxy groups -OCH3 is 1. The Labute approximate surface area is 206 Å². The van der Waals surface area contributed by atoms with Crippen LogP contribution >= 0.6 is 0 Å². The molecule has 0 aromatic heterocycles. The van der Waals surface area contributed by atoms with Crippen molar-refractivity contribution < 1.29 is 67.2 Å². The van der Waals surface area contributed by atoms with Crippen molar-refractivity contribution in [3.05, 3.63) is 0 Å². The van der Waals surface area contributed by atoms with Crippen LogP contribution in [0.3, 0.4) is 0 Å². The Morgan fingerprint density at radius 2 is 1.19 bits per heavy atom. The molecule has 0 spiro atoms. The number of amides is 4. The highest BCUT2D eigenvalue weighted by molar-refractivity contribution is 6.01. The van der Waals surface area contributed by atoms with Gasteiger partial charge in [0.2, 0.25) is 0 Å². The number of hydrogen-bond acceptors (Lipinski definition) is 14. The van der Waals surface area contributed by atoms with Crippen molar-refractivity contribution >= 4 is 35.4 Å². The van der Waals surface area contributed by atoms with E-state index >= 15 is 0 Å². The van der Waals surface area contributed by atoms with Crippen LogP contribution in [0.15, 0.2) is 0 Å². The molecule has 0 aliphatic carbocycles. The average Bonchev–Trinajstić information content (AvgIpc) is 3.33. The van der Waals surface area contributed by atoms with Crippen molar-refractivity contribution in [3.63, 3.8) is 0 Å². The fourth-order valence-electron chi connectivity index (χ4n) is 2.30. The topological polar surface area (TPSA) is 183 Å². The largest absolute Gasteiger partial charge is 0.382 e. The lowest BCUT2D eigenvalue weighted by Gasteiger charge is -2.13. The van der Waals surface area contributed by atoms with Crippen LogP contribution in [0, 0.1) is 0 Å². The predicted molar refractivity (Wildman–Crippen MR) is 111 cm³/mol. The molecule has 4 amide bonds. The summed E-state index contributed by atoms with van der Waals surface area (Å²) in [4.78, 5) is 80.2. The monoisotopic (exact) mass is 522 g/mol. The summed E-state index contributed by atoms with van der Waals surface area (Å²) in [7, 11) is 1.60. The minimum Gasteiger partial charge on any atom is -0.382 e. The summed E-state index contributed by atoms with van der Waals surface area (Å²) in [5.74, 6) is -3.05. The standard InChI is InChI=1S/C13H16N2O10.C7H14O4/c16-9-1-2-10(17)14(9)24-13(20)7-22-8-21-5-6-23-25-15-11(18)3-4-12(15)19;1-7(8)5-11-6-10-4-3-9-2/h1-8H2;3-6H2,1-2H3. The van der Waals surface area contributed by atoms with Crippen LogP contribution in [0.2, 0.25) is 0 Å². The van der Waals surface area contributed by atoms with Crippen LogP contribution < -0.4 is 0 Å². The first-order valence-corrected chi connectivity index (χ1v) is 10.8. The van der Waals surface area contributed by atoms with Crippen molar-refractivity contribution in [2.24, 2.45) is 0 Å². The van der Waals surface area contributed by atoms with Crippen molar-refractivity contribution in [2.75, 3.05) is 60.3 Å². The van der Waals surface area contributed by atoms with Crippen LogP contribution in [-0.4, -0.2) is 106 Å². The Bertz CT molecular complexity index is 727. The number of ether oxygens (including phenoxy) is 5. The van der Waals surface area contributed by atoms with Gasteiger partial charge in [-0.05, 0) is 6.92 Å². The smallest absolute Gasteiger partial charge is 0.358 e. The Kier molecular flexibility index (Phi) is 15.9. The molecule has 2 aliphatic rings. The van der Waals surface area contributed by atoms with Gasteiger partial charge in [-0.15, -0.1) is 15.1 Å². The average molecular weight is 522 g/mol. The van der Waals surface area contributed by atoms with Crippen molar-refractivity contribution in [3.8, 4) is 0 Å². The fraction of sp³-hybridized carbons (Fsp3) is 0.700. The Hall–Kier alpha value is -2.86. The van der Waals surface area contributed by atoms with Gasteiger partial charge in [-0.25, -0.2) is 9.68 Å². The van der Waals surface area contributed by atoms with Crippen molar-refractivity contribution in [1.29, 1.82) is 0 Å². The Morgan fingerprint density at radius 1 is 0.694 bits per heavy atom. The molecule has 0 N–H and O–H groups in total. The zero-order chi connectivity index (χ0) is 26.8. The number of ketones is 1. The molecule has 16 heteroatoms. The molecular weight excluding hydrogens is 492 g/mol. The molecule has 0 unspecified atom stereocenters. The SMILES string of the molecule is COCCOCOCC(C)=O.O=C(COCOCCOON1C(=O)CCC1=O)ON1C(=O)CCC1=O. The quantitative estimate of drug-likeness (QED) is 0.0730. The van der Waals surface area contributed by atoms with Gasteiger partial charge in [0.05, 0.1) is 19.8 Å². The second kappa shape index (κ2) is 18.4. The second-order valence-corrected chi connectivity index (χ2v) is 6.97. The number of hydroxylamine groups is 4. The van der Waals surface area contributed by atoms with E-state index in [-0.39, 0.29) is 64.9 Å². The van der Waals surface area contributed by atoms with Gasteiger partial charge in [-0.2, -0.15) is 0 Å². The molecule has 2 saturated heterocycles. The van der Waals surface area contributed by atoms with Gasteiger partial charge in [-0.3, -0.25) is 24.0 Å². The van der Waals surface area contributed by atoms with E-state index in [2.05, 4.69) is 14.7 Å². The normalized spacial score (nSPS) is 15.4. The predicted octanol–water partition coefficient (Wildman–Crippen LogP) is -1.19. The van der Waals surface area contributed by atoms with E-state index in [1.54, 1.807) is 7.11 Å². The summed E-state index contributed by atoms with van der Waals surface area (Å²) in [6.45, 7) is 1.87. The number of carbonyl (C=O) groups is 6. The molecule has 16 nitrogen and oxygen atoms in total. The van der Waals surface area contributed by atoms with E-state index in [0.29, 0.717) is 23.3 Å². The molecule has 0 aromatic carbocycles. The highest BCUT2D eigenvalue weighted by atomic mass is 17.3. The third-order valence-corrected chi connectivity index (χ3v) is 3.93. The van der Waals surface area contributed by atoms with E-state index in [1.807, 2.05) is 0 Å². The highest BCUT2D eigenvalue weighted by Gasteiger charge is 2.33. The number of hydrogen-bond donors (Lipinski definition) is 0. The van der Waals surface area contributed by atoms with Crippen LogP contribution in [-0.2, 0) is 67.2 Å². The van der Waals surface area contributed by atoms with Crippen LogP contribution in [0.5, 0.6) is 0 Å². The first kappa shape index (κ1) is 31.2. The Balaban J connectivity index is 0.000000497. The molecule has 2 heterocycles. The van der Waals surface area contributed by atoms with Crippen molar-refractivity contribution in [2.45, 2.75) is 32.6 Å². The number of carbonyl (C=O) groups excluding carboxylic acids is 6. The van der Waals surface area contributed by atoms with Gasteiger partial charge >= 0.3 is 5.97 Å². The molecule has 2 fully saturated rings. The molecule has 2 rings (SSSR count). The maximum atomic E-state index is 11.4. The van der Waals surface area contributed by atoms with E-state index in [4.69, 9.17) is 23.7 Å². The summed E-state index contributed by atoms with van der Waals surface area (Å²) in [6, 6.07) is 0. The lowest BCUT2D eigenvalue weighted by atomic mass is 10.4. The summed E-state index contributed by atoms with van der Waals surface area (Å²) in [5, 5.41) is 0.951. The molecule has 0 saturated carbocycles. The first-order valence-electron chi connectivity index (χ1n) is 10.8. The van der Waals surface area contributed by atoms with Gasteiger partial charge in [0.25, 0.3) is 23.6 Å². The van der Waals surface area contributed by atoms with E-state index < -0.39 is 36.2 Å². The first-order chi connectivity index (χ1) is 17.3. The van der Waals surface area contributed by atoms with Crippen LogP contribution in [0.25, 0.3) is 0 Å². The number of nitrogens with zero attached hydrogens (tertiary/aromatic N) is 2. The molecule has 0 bridgehead atoms. The molecule has 0 aromatic rings. The number of rotatable bonds is 17. The summed E-state index contributed by atoms with van der Waals surface area (Å²) < 4.78 is 24.2. The van der Waals surface area contributed by atoms with E-state index in [1.165, 1.54) is 6.92 Å². The van der Waals surface area contributed by atoms with E-state index in [9.17, 15) is 28.8 Å². The van der Waals surface area contributed by atoms with Crippen LogP contribution in [0.1, 0.15) is 32.6 Å². The summed E-state index contributed by atoms with van der Waals surface area (Å²) in [6.07, 6.45) is 0.175. The van der Waals surface area contributed by atoms with Crippen LogP contribution in [0.4, 0.5) is 0 Å². The summed E-state index contributed by atoms with van der Waals surface area (Å²) in [5.41, 5.74) is 0. The molecule has 36 heavy (non-hydrogen) atoms. The number of imide groups is 2. The zero-order valence-electron chi connectivity index (χ0n) is 20.1. The minimum atomic E-state index is -0.919. The zero-order valence-corrected chi connectivity index (χ0v) is 20.1. The Morgan fingerprint density at radius 3 is 1.72 bits per heavy atom. The molecule has 0 atom stereocenters. The lowest BCUT2D eigenvalue weighted by Crippen LogP contribution is -2.33. The maximum Gasteiger partial charge on any atom is 0.358 e. The molecule has 204 valence electrons. The number of Topliss-reactive ketones (excluding diaryl/α,β-unsaturated/α-hetero) is 1. The third kappa shape index (κ3) is 13.3.